The van der Waals surface area contributed by atoms with Crippen molar-refractivity contribution >= 4 is 23.1 Å². The molecule has 2 fully saturated rings. The predicted octanol–water partition coefficient (Wildman–Crippen LogP) is 0.611. The molecule has 2 saturated heterocycles. The summed E-state index contributed by atoms with van der Waals surface area (Å²) in [7, 11) is 0. The van der Waals surface area contributed by atoms with Gasteiger partial charge in [0, 0.05) is 32.3 Å². The lowest BCUT2D eigenvalue weighted by molar-refractivity contribution is -0.131. The van der Waals surface area contributed by atoms with Crippen LogP contribution in [-0.4, -0.2) is 43.4 Å². The van der Waals surface area contributed by atoms with Crippen molar-refractivity contribution in [2.24, 2.45) is 17.1 Å². The van der Waals surface area contributed by atoms with Crippen molar-refractivity contribution in [3.8, 4) is 0 Å². The zero-order valence-electron chi connectivity index (χ0n) is 11.3. The van der Waals surface area contributed by atoms with E-state index in [0.717, 1.165) is 13.0 Å². The van der Waals surface area contributed by atoms with Gasteiger partial charge in [-0.25, -0.2) is 0 Å². The minimum absolute atomic E-state index is 0.0533. The van der Waals surface area contributed by atoms with E-state index in [1.807, 2.05) is 6.92 Å². The number of thiocarbonyl (C=S) groups is 1. The Morgan fingerprint density at radius 2 is 2.11 bits per heavy atom. The van der Waals surface area contributed by atoms with Crippen LogP contribution < -0.4 is 11.1 Å². The van der Waals surface area contributed by atoms with Crippen molar-refractivity contribution in [2.45, 2.75) is 32.3 Å². The first-order valence-electron chi connectivity index (χ1n) is 6.84. The maximum atomic E-state index is 12.4. The average molecular weight is 286 g/mol. The first-order valence-corrected chi connectivity index (χ1v) is 7.24. The van der Waals surface area contributed by atoms with Gasteiger partial charge in [-0.2, -0.15) is 0 Å². The van der Waals surface area contributed by atoms with Crippen LogP contribution in [0.25, 0.3) is 0 Å². The number of carbonyl (C=O) groups excluding carboxylic acids is 1. The number of carbonyl (C=O) groups is 1. The minimum atomic E-state index is -0.726. The van der Waals surface area contributed by atoms with Crippen LogP contribution in [0.5, 0.6) is 0 Å². The lowest BCUT2D eigenvalue weighted by Gasteiger charge is -2.35. The van der Waals surface area contributed by atoms with E-state index in [2.05, 4.69) is 5.32 Å². The third-order valence-corrected chi connectivity index (χ3v) is 4.70. The zero-order valence-corrected chi connectivity index (χ0v) is 12.1. The molecule has 19 heavy (non-hydrogen) atoms. The number of hydrogen-bond donors (Lipinski definition) is 2. The molecule has 0 spiro atoms. The summed E-state index contributed by atoms with van der Waals surface area (Å²) in [6, 6.07) is 0. The highest BCUT2D eigenvalue weighted by Gasteiger charge is 2.43. The van der Waals surface area contributed by atoms with E-state index in [-0.39, 0.29) is 17.0 Å². The largest absolute Gasteiger partial charge is 0.392 e. The normalized spacial score (nSPS) is 29.9. The molecule has 2 aliphatic rings. The Kier molecular flexibility index (Phi) is 4.76. The van der Waals surface area contributed by atoms with Crippen molar-refractivity contribution in [3.63, 3.8) is 0 Å². The molecule has 1 amide bonds. The van der Waals surface area contributed by atoms with Crippen LogP contribution in [0.1, 0.15) is 26.2 Å². The monoisotopic (exact) mass is 286 g/mol. The van der Waals surface area contributed by atoms with Gasteiger partial charge in [-0.05, 0) is 26.2 Å². The van der Waals surface area contributed by atoms with Crippen LogP contribution in [0, 0.1) is 11.3 Å². The number of nitrogens with two attached hydrogens (primary N) is 1. The molecule has 0 aromatic carbocycles. The summed E-state index contributed by atoms with van der Waals surface area (Å²) >= 11 is 5.11. The molecule has 0 bridgehead atoms. The Balaban J connectivity index is 1.94. The fourth-order valence-electron chi connectivity index (χ4n) is 2.74. The van der Waals surface area contributed by atoms with Crippen LogP contribution in [0.3, 0.4) is 0 Å². The second-order valence-corrected chi connectivity index (χ2v) is 5.83. The maximum Gasteiger partial charge on any atom is 0.233 e. The molecule has 5 nitrogen and oxygen atoms in total. The Hall–Kier alpha value is -0.720. The van der Waals surface area contributed by atoms with Crippen molar-refractivity contribution < 1.29 is 14.3 Å². The Morgan fingerprint density at radius 1 is 1.42 bits per heavy atom. The van der Waals surface area contributed by atoms with Crippen LogP contribution in [0.2, 0.25) is 0 Å². The van der Waals surface area contributed by atoms with Gasteiger partial charge < -0.3 is 20.5 Å². The van der Waals surface area contributed by atoms with E-state index in [1.165, 1.54) is 0 Å². The van der Waals surface area contributed by atoms with Gasteiger partial charge in [0.15, 0.2) is 0 Å². The second-order valence-electron chi connectivity index (χ2n) is 5.39. The SMILES string of the molecule is CC1OCCC1CNC(=O)C1(C(N)=S)CCOCC1. The summed E-state index contributed by atoms with van der Waals surface area (Å²) < 4.78 is 10.8. The molecule has 2 rings (SSSR count). The summed E-state index contributed by atoms with van der Waals surface area (Å²) in [6.07, 6.45) is 2.34. The summed E-state index contributed by atoms with van der Waals surface area (Å²) in [5.41, 5.74) is 5.08. The molecule has 2 aliphatic heterocycles. The number of nitrogens with one attached hydrogen (secondary N) is 1. The summed E-state index contributed by atoms with van der Waals surface area (Å²) in [4.78, 5) is 12.7. The summed E-state index contributed by atoms with van der Waals surface area (Å²) in [5, 5.41) is 3.00. The number of ether oxygens (including phenoxy) is 2. The number of hydrogen-bond acceptors (Lipinski definition) is 4. The fourth-order valence-corrected chi connectivity index (χ4v) is 3.04. The highest BCUT2D eigenvalue weighted by Crippen LogP contribution is 2.31. The predicted molar refractivity (Wildman–Crippen MR) is 75.8 cm³/mol. The van der Waals surface area contributed by atoms with Crippen LogP contribution in [0.15, 0.2) is 0 Å². The molecule has 0 aliphatic carbocycles. The lowest BCUT2D eigenvalue weighted by atomic mass is 9.79. The van der Waals surface area contributed by atoms with E-state index >= 15 is 0 Å². The van der Waals surface area contributed by atoms with Crippen molar-refractivity contribution in [3.05, 3.63) is 0 Å². The van der Waals surface area contributed by atoms with Crippen molar-refractivity contribution in [1.29, 1.82) is 0 Å². The molecule has 0 radical (unpaired) electrons. The van der Waals surface area contributed by atoms with Gasteiger partial charge in [0.2, 0.25) is 5.91 Å². The first kappa shape index (κ1) is 14.7. The minimum Gasteiger partial charge on any atom is -0.392 e. The highest BCUT2D eigenvalue weighted by atomic mass is 32.1. The molecular formula is C13H22N2O3S. The third kappa shape index (κ3) is 3.07. The zero-order chi connectivity index (χ0) is 13.9. The Morgan fingerprint density at radius 3 is 2.63 bits per heavy atom. The Labute approximate surface area is 119 Å². The quantitative estimate of drug-likeness (QED) is 0.741. The van der Waals surface area contributed by atoms with E-state index < -0.39 is 5.41 Å². The van der Waals surface area contributed by atoms with Gasteiger partial charge in [0.1, 0.15) is 5.41 Å². The molecular weight excluding hydrogens is 264 g/mol. The number of rotatable bonds is 4. The molecule has 0 saturated carbocycles. The summed E-state index contributed by atoms with van der Waals surface area (Å²) in [5.74, 6) is 0.328. The molecule has 108 valence electrons. The standard InChI is InChI=1S/C13H22N2O3S/c1-9-10(2-5-18-9)8-15-12(16)13(11(14)19)3-6-17-7-4-13/h9-10H,2-8H2,1H3,(H2,14,19)(H,15,16). The highest BCUT2D eigenvalue weighted by molar-refractivity contribution is 7.80. The van der Waals surface area contributed by atoms with E-state index in [1.54, 1.807) is 0 Å². The first-order chi connectivity index (χ1) is 9.06. The smallest absolute Gasteiger partial charge is 0.233 e. The van der Waals surface area contributed by atoms with Gasteiger partial charge in [-0.3, -0.25) is 4.79 Å². The van der Waals surface area contributed by atoms with Crippen LogP contribution >= 0.6 is 12.2 Å². The fraction of sp³-hybridized carbons (Fsp3) is 0.846. The molecule has 6 heteroatoms. The second kappa shape index (κ2) is 6.15. The van der Waals surface area contributed by atoms with Gasteiger partial charge in [0.05, 0.1) is 11.1 Å². The van der Waals surface area contributed by atoms with E-state index in [0.29, 0.717) is 38.5 Å². The molecule has 2 atom stereocenters. The third-order valence-electron chi connectivity index (χ3n) is 4.31. The average Bonchev–Trinajstić information content (AvgIpc) is 2.82. The Bertz CT molecular complexity index is 356. The van der Waals surface area contributed by atoms with Gasteiger partial charge >= 0.3 is 0 Å². The van der Waals surface area contributed by atoms with Gasteiger partial charge in [-0.15, -0.1) is 0 Å². The van der Waals surface area contributed by atoms with Crippen LogP contribution in [-0.2, 0) is 14.3 Å². The van der Waals surface area contributed by atoms with E-state index in [4.69, 9.17) is 27.4 Å². The molecule has 0 aromatic rings. The molecule has 0 aromatic heterocycles. The molecule has 2 heterocycles. The van der Waals surface area contributed by atoms with Crippen molar-refractivity contribution in [2.75, 3.05) is 26.4 Å². The molecule has 2 unspecified atom stereocenters. The van der Waals surface area contributed by atoms with Crippen LogP contribution in [0.4, 0.5) is 0 Å². The lowest BCUT2D eigenvalue weighted by Crippen LogP contribution is -2.52. The number of amides is 1. The topological polar surface area (TPSA) is 73.6 Å². The van der Waals surface area contributed by atoms with Gasteiger partial charge in [-0.1, -0.05) is 12.2 Å². The van der Waals surface area contributed by atoms with Gasteiger partial charge in [0.25, 0.3) is 0 Å². The maximum absolute atomic E-state index is 12.4. The van der Waals surface area contributed by atoms with Crippen molar-refractivity contribution in [1.82, 2.24) is 5.32 Å². The molecule has 3 N–H and O–H groups in total. The summed E-state index contributed by atoms with van der Waals surface area (Å²) in [6.45, 7) is 4.52. The van der Waals surface area contributed by atoms with E-state index in [9.17, 15) is 4.79 Å².